The third kappa shape index (κ3) is 4.76. The van der Waals surface area contributed by atoms with Crippen molar-refractivity contribution in [3.05, 3.63) is 29.8 Å². The molecule has 6 nitrogen and oxygen atoms in total. The number of hydrogen-bond acceptors (Lipinski definition) is 5. The van der Waals surface area contributed by atoms with E-state index in [0.717, 1.165) is 25.2 Å². The van der Waals surface area contributed by atoms with Crippen LogP contribution in [0.15, 0.2) is 29.2 Å². The van der Waals surface area contributed by atoms with E-state index in [9.17, 15) is 8.42 Å². The molecule has 1 saturated heterocycles. The molecule has 1 aliphatic heterocycles. The van der Waals surface area contributed by atoms with Gasteiger partial charge in [0.2, 0.25) is 0 Å². The molecule has 1 heterocycles. The number of piperazine rings is 1. The van der Waals surface area contributed by atoms with Crippen molar-refractivity contribution in [3.8, 4) is 0 Å². The molecule has 1 aromatic carbocycles. The molecule has 1 aliphatic rings. The third-order valence-corrected chi connectivity index (χ3v) is 4.91. The summed E-state index contributed by atoms with van der Waals surface area (Å²) in [4.78, 5) is 5.17. The quantitative estimate of drug-likeness (QED) is 0.788. The van der Waals surface area contributed by atoms with Crippen LogP contribution in [0, 0.1) is 0 Å². The molecule has 21 heavy (non-hydrogen) atoms. The van der Waals surface area contributed by atoms with E-state index in [1.807, 2.05) is 20.0 Å². The average molecular weight is 312 g/mol. The maximum atomic E-state index is 12.4. The highest BCUT2D eigenvalue weighted by Crippen LogP contribution is 2.12. The maximum absolute atomic E-state index is 12.4. The lowest BCUT2D eigenvalue weighted by molar-refractivity contribution is 0.135. The second kappa shape index (κ2) is 7.33. The fourth-order valence-corrected chi connectivity index (χ4v) is 3.40. The van der Waals surface area contributed by atoms with Crippen molar-refractivity contribution in [2.75, 3.05) is 39.8 Å². The first-order valence-electron chi connectivity index (χ1n) is 7.27. The van der Waals surface area contributed by atoms with Crippen molar-refractivity contribution in [1.82, 2.24) is 20.1 Å². The first-order chi connectivity index (χ1) is 10.0. The van der Waals surface area contributed by atoms with E-state index in [1.165, 1.54) is 0 Å². The number of nitrogens with one attached hydrogen (secondary N) is 2. The topological polar surface area (TPSA) is 64.7 Å². The minimum atomic E-state index is -3.50. The molecule has 0 aromatic heterocycles. The van der Waals surface area contributed by atoms with Crippen molar-refractivity contribution in [2.24, 2.45) is 0 Å². The first-order valence-corrected chi connectivity index (χ1v) is 8.75. The summed E-state index contributed by atoms with van der Waals surface area (Å²) in [5.74, 6) is 0. The Balaban J connectivity index is 2.05. The van der Waals surface area contributed by atoms with Gasteiger partial charge in [0, 0.05) is 32.7 Å². The molecule has 0 saturated carbocycles. The minimum Gasteiger partial charge on any atom is -0.313 e. The van der Waals surface area contributed by atoms with Gasteiger partial charge in [-0.05, 0) is 31.3 Å². The number of hydrogen-bond donors (Lipinski definition) is 2. The summed E-state index contributed by atoms with van der Waals surface area (Å²) in [6.45, 7) is 6.69. The number of benzene rings is 1. The molecular weight excluding hydrogens is 288 g/mol. The van der Waals surface area contributed by atoms with Gasteiger partial charge in [-0.25, -0.2) is 13.4 Å². The smallest absolute Gasteiger partial charge is 0.253 e. The molecule has 0 spiro atoms. The fraction of sp³-hybridized carbons (Fsp3) is 0.571. The molecule has 0 atom stereocenters. The van der Waals surface area contributed by atoms with Crippen LogP contribution in [0.4, 0.5) is 0 Å². The second-order valence-electron chi connectivity index (χ2n) is 5.31. The van der Waals surface area contributed by atoms with E-state index in [4.69, 9.17) is 0 Å². The Kier molecular flexibility index (Phi) is 5.72. The second-order valence-corrected chi connectivity index (χ2v) is 6.97. The molecule has 0 aliphatic carbocycles. The molecule has 1 fully saturated rings. The van der Waals surface area contributed by atoms with E-state index < -0.39 is 10.0 Å². The summed E-state index contributed by atoms with van der Waals surface area (Å²) < 4.78 is 24.8. The van der Waals surface area contributed by atoms with Crippen LogP contribution < -0.4 is 10.1 Å². The lowest BCUT2D eigenvalue weighted by Crippen LogP contribution is -2.52. The predicted molar refractivity (Wildman–Crippen MR) is 83.2 cm³/mol. The monoisotopic (exact) mass is 312 g/mol. The van der Waals surface area contributed by atoms with Gasteiger partial charge in [0.25, 0.3) is 10.0 Å². The molecule has 2 rings (SSSR count). The molecule has 7 heteroatoms. The standard InChI is InChI=1S/C14H24N4O2S/c1-3-15-12-13-5-4-6-14(11-13)21(19,20)16-18-9-7-17(2)8-10-18/h4-6,11,15-16H,3,7-10,12H2,1-2H3. The highest BCUT2D eigenvalue weighted by molar-refractivity contribution is 7.89. The molecule has 118 valence electrons. The molecule has 1 aromatic rings. The summed E-state index contributed by atoms with van der Waals surface area (Å²) in [5.41, 5.74) is 0.970. The Hall–Kier alpha value is -0.990. The Morgan fingerprint density at radius 3 is 2.57 bits per heavy atom. The van der Waals surface area contributed by atoms with Gasteiger partial charge in [0.05, 0.1) is 4.90 Å². The van der Waals surface area contributed by atoms with Crippen LogP contribution in [-0.2, 0) is 16.6 Å². The maximum Gasteiger partial charge on any atom is 0.253 e. The zero-order chi connectivity index (χ0) is 15.3. The Labute approximate surface area is 127 Å². The number of hydrazine groups is 1. The number of likely N-dealkylation sites (N-methyl/N-ethyl adjacent to an activating group) is 1. The molecule has 2 N–H and O–H groups in total. The molecular formula is C14H24N4O2S. The largest absolute Gasteiger partial charge is 0.313 e. The van der Waals surface area contributed by atoms with Crippen molar-refractivity contribution in [2.45, 2.75) is 18.4 Å². The molecule has 0 radical (unpaired) electrons. The van der Waals surface area contributed by atoms with Crippen molar-refractivity contribution in [1.29, 1.82) is 0 Å². The minimum absolute atomic E-state index is 0.317. The summed E-state index contributed by atoms with van der Waals surface area (Å²) in [6.07, 6.45) is 0. The van der Waals surface area contributed by atoms with Crippen LogP contribution in [0.25, 0.3) is 0 Å². The van der Waals surface area contributed by atoms with Crippen molar-refractivity contribution < 1.29 is 8.42 Å². The van der Waals surface area contributed by atoms with Gasteiger partial charge >= 0.3 is 0 Å². The first kappa shape index (κ1) is 16.4. The fourth-order valence-electron chi connectivity index (χ4n) is 2.21. The number of nitrogens with zero attached hydrogens (tertiary/aromatic N) is 2. The van der Waals surface area contributed by atoms with Gasteiger partial charge in [0.15, 0.2) is 0 Å². The van der Waals surface area contributed by atoms with Gasteiger partial charge in [-0.3, -0.25) is 0 Å². The highest BCUT2D eigenvalue weighted by Gasteiger charge is 2.21. The van der Waals surface area contributed by atoms with E-state index in [2.05, 4.69) is 15.0 Å². The number of sulfonamides is 1. The summed E-state index contributed by atoms with van der Waals surface area (Å²) in [5, 5.41) is 4.97. The lowest BCUT2D eigenvalue weighted by atomic mass is 10.2. The van der Waals surface area contributed by atoms with Crippen LogP contribution >= 0.6 is 0 Å². The van der Waals surface area contributed by atoms with Crippen LogP contribution in [0.3, 0.4) is 0 Å². The average Bonchev–Trinajstić information content (AvgIpc) is 2.48. The zero-order valence-electron chi connectivity index (χ0n) is 12.7. The van der Waals surface area contributed by atoms with Crippen molar-refractivity contribution >= 4 is 10.0 Å². The van der Waals surface area contributed by atoms with Gasteiger partial charge in [0.1, 0.15) is 0 Å². The van der Waals surface area contributed by atoms with Gasteiger partial charge in [-0.15, -0.1) is 4.83 Å². The molecule has 0 bridgehead atoms. The van der Waals surface area contributed by atoms with Crippen LogP contribution in [0.5, 0.6) is 0 Å². The van der Waals surface area contributed by atoms with Gasteiger partial charge < -0.3 is 10.2 Å². The Morgan fingerprint density at radius 2 is 1.90 bits per heavy atom. The van der Waals surface area contributed by atoms with Crippen LogP contribution in [0.1, 0.15) is 12.5 Å². The molecule has 0 unspecified atom stereocenters. The Morgan fingerprint density at radius 1 is 1.19 bits per heavy atom. The van der Waals surface area contributed by atoms with Crippen LogP contribution in [-0.4, -0.2) is 58.1 Å². The Bertz CT molecular complexity index is 554. The van der Waals surface area contributed by atoms with E-state index in [-0.39, 0.29) is 0 Å². The van der Waals surface area contributed by atoms with Gasteiger partial charge in [-0.2, -0.15) is 0 Å². The van der Waals surface area contributed by atoms with Crippen LogP contribution in [0.2, 0.25) is 0 Å². The summed E-state index contributed by atoms with van der Waals surface area (Å²) in [6, 6.07) is 7.07. The SMILES string of the molecule is CCNCc1cccc(S(=O)(=O)NN2CCN(C)CC2)c1. The van der Waals surface area contributed by atoms with E-state index >= 15 is 0 Å². The third-order valence-electron chi connectivity index (χ3n) is 3.54. The summed E-state index contributed by atoms with van der Waals surface area (Å²) >= 11 is 0. The van der Waals surface area contributed by atoms with E-state index in [1.54, 1.807) is 23.2 Å². The predicted octanol–water partition coefficient (Wildman–Crippen LogP) is 0.237. The zero-order valence-corrected chi connectivity index (χ0v) is 13.5. The normalized spacial score (nSPS) is 18.0. The highest BCUT2D eigenvalue weighted by atomic mass is 32.2. The van der Waals surface area contributed by atoms with Gasteiger partial charge in [-0.1, -0.05) is 19.1 Å². The lowest BCUT2D eigenvalue weighted by Gasteiger charge is -2.32. The number of rotatable bonds is 6. The molecule has 0 amide bonds. The van der Waals surface area contributed by atoms with E-state index in [0.29, 0.717) is 24.5 Å². The van der Waals surface area contributed by atoms with Crippen molar-refractivity contribution in [3.63, 3.8) is 0 Å². The summed E-state index contributed by atoms with van der Waals surface area (Å²) in [7, 11) is -1.46.